The highest BCUT2D eigenvalue weighted by Gasteiger charge is 2.18. The highest BCUT2D eigenvalue weighted by molar-refractivity contribution is 6.05. The van der Waals surface area contributed by atoms with Crippen molar-refractivity contribution in [3.63, 3.8) is 0 Å². The molecule has 0 fully saturated rings. The predicted octanol–water partition coefficient (Wildman–Crippen LogP) is 4.99. The molecule has 0 atom stereocenters. The third-order valence-corrected chi connectivity index (χ3v) is 4.84. The van der Waals surface area contributed by atoms with Crippen molar-refractivity contribution in [1.82, 2.24) is 4.57 Å². The molecule has 0 saturated heterocycles. The monoisotopic (exact) mass is 374 g/mol. The van der Waals surface area contributed by atoms with Crippen LogP contribution < -0.4 is 5.32 Å². The van der Waals surface area contributed by atoms with E-state index in [1.807, 2.05) is 47.0 Å². The second-order valence-corrected chi connectivity index (χ2v) is 6.80. The van der Waals surface area contributed by atoms with Gasteiger partial charge in [-0.3, -0.25) is 4.79 Å². The van der Waals surface area contributed by atoms with E-state index in [1.54, 1.807) is 19.4 Å². The normalized spacial score (nSPS) is 11.1. The summed E-state index contributed by atoms with van der Waals surface area (Å²) in [6.07, 6.45) is 1.65. The molecule has 28 heavy (non-hydrogen) atoms. The molecule has 0 aliphatic carbocycles. The molecule has 142 valence electrons. The fourth-order valence-electron chi connectivity index (χ4n) is 3.39. The number of furan rings is 1. The minimum absolute atomic E-state index is 0.172. The molecule has 2 aromatic carbocycles. The topological polar surface area (TPSA) is 56.4 Å². The zero-order valence-corrected chi connectivity index (χ0v) is 15.9. The van der Waals surface area contributed by atoms with E-state index in [9.17, 15) is 4.79 Å². The molecule has 0 unspecified atom stereocenters. The Morgan fingerprint density at radius 3 is 2.79 bits per heavy atom. The van der Waals surface area contributed by atoms with Crippen molar-refractivity contribution < 1.29 is 13.9 Å². The van der Waals surface area contributed by atoms with Gasteiger partial charge in [-0.05, 0) is 35.7 Å². The molecule has 1 amide bonds. The SMILES string of the molecule is COCc1cccc(NC(=O)c2cc3occc3n2Cc2ccccc2C)c1. The number of amides is 1. The third kappa shape index (κ3) is 3.57. The number of benzene rings is 2. The molecule has 5 heteroatoms. The van der Waals surface area contributed by atoms with Crippen LogP contribution >= 0.6 is 0 Å². The molecule has 4 aromatic rings. The van der Waals surface area contributed by atoms with Gasteiger partial charge in [0.25, 0.3) is 5.91 Å². The van der Waals surface area contributed by atoms with Crippen LogP contribution in [-0.4, -0.2) is 17.6 Å². The van der Waals surface area contributed by atoms with E-state index in [4.69, 9.17) is 9.15 Å². The minimum atomic E-state index is -0.172. The van der Waals surface area contributed by atoms with Crippen LogP contribution in [0.5, 0.6) is 0 Å². The van der Waals surface area contributed by atoms with Gasteiger partial charge in [-0.2, -0.15) is 0 Å². The molecule has 4 rings (SSSR count). The van der Waals surface area contributed by atoms with Crippen LogP contribution in [0.25, 0.3) is 11.1 Å². The molecule has 0 aliphatic rings. The van der Waals surface area contributed by atoms with E-state index in [0.717, 1.165) is 22.3 Å². The Morgan fingerprint density at radius 1 is 1.11 bits per heavy atom. The van der Waals surface area contributed by atoms with Gasteiger partial charge < -0.3 is 19.0 Å². The molecule has 1 N–H and O–H groups in total. The Labute approximate surface area is 163 Å². The fourth-order valence-corrected chi connectivity index (χ4v) is 3.39. The van der Waals surface area contributed by atoms with Crippen molar-refractivity contribution in [2.24, 2.45) is 0 Å². The molecule has 0 radical (unpaired) electrons. The van der Waals surface area contributed by atoms with E-state index in [0.29, 0.717) is 24.4 Å². The molecule has 0 spiro atoms. The van der Waals surface area contributed by atoms with E-state index in [1.165, 1.54) is 5.56 Å². The predicted molar refractivity (Wildman–Crippen MR) is 110 cm³/mol. The number of hydrogen-bond acceptors (Lipinski definition) is 3. The summed E-state index contributed by atoms with van der Waals surface area (Å²) in [6, 6.07) is 19.5. The second-order valence-electron chi connectivity index (χ2n) is 6.80. The second kappa shape index (κ2) is 7.74. The van der Waals surface area contributed by atoms with Crippen LogP contribution in [-0.2, 0) is 17.9 Å². The van der Waals surface area contributed by atoms with Crippen LogP contribution in [0.1, 0.15) is 27.2 Å². The van der Waals surface area contributed by atoms with E-state index in [2.05, 4.69) is 24.4 Å². The van der Waals surface area contributed by atoms with Gasteiger partial charge in [0.15, 0.2) is 5.58 Å². The van der Waals surface area contributed by atoms with Crippen molar-refractivity contribution in [3.05, 3.63) is 89.3 Å². The number of rotatable bonds is 6. The summed E-state index contributed by atoms with van der Waals surface area (Å²) in [7, 11) is 1.65. The maximum atomic E-state index is 13.0. The summed E-state index contributed by atoms with van der Waals surface area (Å²) in [6.45, 7) is 3.18. The van der Waals surface area contributed by atoms with E-state index >= 15 is 0 Å². The van der Waals surface area contributed by atoms with Gasteiger partial charge in [-0.25, -0.2) is 0 Å². The lowest BCUT2D eigenvalue weighted by atomic mass is 10.1. The Kier molecular flexibility index (Phi) is 5.00. The third-order valence-electron chi connectivity index (χ3n) is 4.84. The number of ether oxygens (including phenoxy) is 1. The van der Waals surface area contributed by atoms with Crippen LogP contribution in [0, 0.1) is 6.92 Å². The van der Waals surface area contributed by atoms with E-state index in [-0.39, 0.29) is 5.91 Å². The lowest BCUT2D eigenvalue weighted by Crippen LogP contribution is -2.18. The Balaban J connectivity index is 1.66. The Bertz CT molecular complexity index is 1120. The smallest absolute Gasteiger partial charge is 0.272 e. The summed E-state index contributed by atoms with van der Waals surface area (Å²) >= 11 is 0. The maximum Gasteiger partial charge on any atom is 0.272 e. The number of carbonyl (C=O) groups is 1. The van der Waals surface area contributed by atoms with Crippen LogP contribution in [0.4, 0.5) is 5.69 Å². The van der Waals surface area contributed by atoms with Gasteiger partial charge in [0, 0.05) is 31.5 Å². The van der Waals surface area contributed by atoms with Gasteiger partial charge >= 0.3 is 0 Å². The molecule has 0 aliphatic heterocycles. The minimum Gasteiger partial charge on any atom is -0.463 e. The lowest BCUT2D eigenvalue weighted by molar-refractivity contribution is 0.101. The number of fused-ring (bicyclic) bond motifs is 1. The summed E-state index contributed by atoms with van der Waals surface area (Å²) in [4.78, 5) is 13.0. The Morgan fingerprint density at radius 2 is 1.96 bits per heavy atom. The summed E-state index contributed by atoms with van der Waals surface area (Å²) < 4.78 is 12.7. The van der Waals surface area contributed by atoms with Crippen molar-refractivity contribution in [1.29, 1.82) is 0 Å². The maximum absolute atomic E-state index is 13.0. The largest absolute Gasteiger partial charge is 0.463 e. The average molecular weight is 374 g/mol. The molecular formula is C23H22N2O3. The number of methoxy groups -OCH3 is 1. The number of aryl methyl sites for hydroxylation is 1. The molecule has 0 bridgehead atoms. The summed E-state index contributed by atoms with van der Waals surface area (Å²) in [5, 5.41) is 2.99. The highest BCUT2D eigenvalue weighted by Crippen LogP contribution is 2.24. The first-order chi connectivity index (χ1) is 13.7. The number of aromatic nitrogens is 1. The van der Waals surface area contributed by atoms with Crippen LogP contribution in [0.3, 0.4) is 0 Å². The standard InChI is InChI=1S/C23H22N2O3/c1-16-6-3-4-8-18(16)14-25-20-10-11-28-22(20)13-21(25)23(26)24-19-9-5-7-17(12-19)15-27-2/h3-13H,14-15H2,1-2H3,(H,24,26). The van der Waals surface area contributed by atoms with Crippen molar-refractivity contribution >= 4 is 22.7 Å². The number of anilines is 1. The fraction of sp³-hybridized carbons (Fsp3) is 0.174. The quantitative estimate of drug-likeness (QED) is 0.517. The zero-order valence-electron chi connectivity index (χ0n) is 15.9. The molecular weight excluding hydrogens is 352 g/mol. The first-order valence-electron chi connectivity index (χ1n) is 9.16. The Hall–Kier alpha value is -3.31. The van der Waals surface area contributed by atoms with Crippen molar-refractivity contribution in [2.75, 3.05) is 12.4 Å². The van der Waals surface area contributed by atoms with Gasteiger partial charge in [-0.15, -0.1) is 0 Å². The van der Waals surface area contributed by atoms with E-state index < -0.39 is 0 Å². The number of nitrogens with one attached hydrogen (secondary N) is 1. The summed E-state index contributed by atoms with van der Waals surface area (Å²) in [5.74, 6) is -0.172. The van der Waals surface area contributed by atoms with Crippen LogP contribution in [0.15, 0.2) is 71.3 Å². The van der Waals surface area contributed by atoms with Gasteiger partial charge in [-0.1, -0.05) is 36.4 Å². The lowest BCUT2D eigenvalue weighted by Gasteiger charge is -2.13. The van der Waals surface area contributed by atoms with Gasteiger partial charge in [0.1, 0.15) is 5.69 Å². The number of nitrogens with zero attached hydrogens (tertiary/aromatic N) is 1. The first-order valence-corrected chi connectivity index (χ1v) is 9.16. The molecule has 5 nitrogen and oxygen atoms in total. The summed E-state index contributed by atoms with van der Waals surface area (Å²) in [5.41, 5.74) is 6.26. The van der Waals surface area contributed by atoms with Gasteiger partial charge in [0.05, 0.1) is 18.4 Å². The van der Waals surface area contributed by atoms with Crippen molar-refractivity contribution in [2.45, 2.75) is 20.1 Å². The molecule has 2 heterocycles. The van der Waals surface area contributed by atoms with Crippen molar-refractivity contribution in [3.8, 4) is 0 Å². The number of carbonyl (C=O) groups excluding carboxylic acids is 1. The highest BCUT2D eigenvalue weighted by atomic mass is 16.5. The molecule has 2 aromatic heterocycles. The average Bonchev–Trinajstić information content (AvgIpc) is 3.27. The first kappa shape index (κ1) is 18.1. The van der Waals surface area contributed by atoms with Gasteiger partial charge in [0.2, 0.25) is 0 Å². The number of hydrogen-bond donors (Lipinski definition) is 1. The van der Waals surface area contributed by atoms with Crippen LogP contribution in [0.2, 0.25) is 0 Å². The zero-order chi connectivity index (χ0) is 19.5. The molecule has 0 saturated carbocycles.